The largest absolute Gasteiger partial charge is 0.481 e. The second kappa shape index (κ2) is 8.70. The van der Waals surface area contributed by atoms with Crippen LogP contribution < -0.4 is 5.32 Å². The van der Waals surface area contributed by atoms with Crippen LogP contribution in [0, 0.1) is 11.8 Å². The molecule has 0 radical (unpaired) electrons. The Balaban J connectivity index is 1.40. The lowest BCUT2D eigenvalue weighted by atomic mass is 9.94. The molecule has 8 nitrogen and oxygen atoms in total. The minimum Gasteiger partial charge on any atom is -0.481 e. The summed E-state index contributed by atoms with van der Waals surface area (Å²) in [5.74, 6) is -0.508. The Hall–Kier alpha value is -1.83. The zero-order valence-corrected chi connectivity index (χ0v) is 15.4. The number of carbonyl (C=O) groups excluding carboxylic acids is 2. The third kappa shape index (κ3) is 4.66. The minimum absolute atomic E-state index is 0.0345. The first-order valence-corrected chi connectivity index (χ1v) is 9.79. The van der Waals surface area contributed by atoms with E-state index in [9.17, 15) is 14.4 Å². The molecule has 146 valence electrons. The molecule has 3 aliphatic rings. The highest BCUT2D eigenvalue weighted by Crippen LogP contribution is 2.20. The van der Waals surface area contributed by atoms with E-state index in [0.29, 0.717) is 44.9 Å². The lowest BCUT2D eigenvalue weighted by Crippen LogP contribution is -2.46. The number of piperidine rings is 2. The first-order chi connectivity index (χ1) is 12.5. The summed E-state index contributed by atoms with van der Waals surface area (Å²) in [4.78, 5) is 41.2. The van der Waals surface area contributed by atoms with Gasteiger partial charge in [0, 0.05) is 32.7 Å². The van der Waals surface area contributed by atoms with E-state index in [4.69, 9.17) is 5.11 Å². The van der Waals surface area contributed by atoms with Gasteiger partial charge >= 0.3 is 12.0 Å². The zero-order valence-electron chi connectivity index (χ0n) is 15.4. The van der Waals surface area contributed by atoms with Gasteiger partial charge < -0.3 is 25.1 Å². The fourth-order valence-corrected chi connectivity index (χ4v) is 4.13. The third-order valence-electron chi connectivity index (χ3n) is 5.97. The molecule has 3 heterocycles. The molecule has 3 aliphatic heterocycles. The van der Waals surface area contributed by atoms with Gasteiger partial charge in [0.15, 0.2) is 0 Å². The highest BCUT2D eigenvalue weighted by Gasteiger charge is 2.33. The molecule has 3 fully saturated rings. The number of likely N-dealkylation sites (tertiary alicyclic amines) is 1. The predicted octanol–water partition coefficient (Wildman–Crippen LogP) is 0.437. The SMILES string of the molecule is O=C(O)C1CCN(C(=O)CN2CCN(CCC3CCNCC3)C2=O)CC1. The van der Waals surface area contributed by atoms with E-state index in [-0.39, 0.29) is 24.4 Å². The Morgan fingerprint density at radius 1 is 1.00 bits per heavy atom. The van der Waals surface area contributed by atoms with Gasteiger partial charge in [-0.3, -0.25) is 9.59 Å². The van der Waals surface area contributed by atoms with Gasteiger partial charge in [0.1, 0.15) is 6.54 Å². The maximum atomic E-state index is 12.5. The number of nitrogens with zero attached hydrogens (tertiary/aromatic N) is 3. The number of carboxylic acid groups (broad SMARTS) is 1. The van der Waals surface area contributed by atoms with Crippen LogP contribution in [0.4, 0.5) is 4.79 Å². The molecule has 0 bridgehead atoms. The average molecular weight is 366 g/mol. The molecule has 3 saturated heterocycles. The summed E-state index contributed by atoms with van der Waals surface area (Å²) in [5.41, 5.74) is 0. The summed E-state index contributed by atoms with van der Waals surface area (Å²) in [6.07, 6.45) is 4.39. The molecule has 0 aromatic rings. The number of urea groups is 1. The van der Waals surface area contributed by atoms with Crippen LogP contribution in [-0.2, 0) is 9.59 Å². The molecule has 3 rings (SSSR count). The molecule has 0 aromatic carbocycles. The molecule has 0 atom stereocenters. The van der Waals surface area contributed by atoms with E-state index in [1.807, 2.05) is 4.90 Å². The Morgan fingerprint density at radius 3 is 2.31 bits per heavy atom. The van der Waals surface area contributed by atoms with Gasteiger partial charge in [-0.15, -0.1) is 0 Å². The molecule has 0 aromatic heterocycles. The van der Waals surface area contributed by atoms with Crippen LogP contribution in [0.25, 0.3) is 0 Å². The van der Waals surface area contributed by atoms with Gasteiger partial charge in [0.2, 0.25) is 5.91 Å². The summed E-state index contributed by atoms with van der Waals surface area (Å²) in [6, 6.07) is -0.0345. The van der Waals surface area contributed by atoms with E-state index < -0.39 is 5.97 Å². The number of carboxylic acids is 1. The van der Waals surface area contributed by atoms with Crippen molar-refractivity contribution in [2.45, 2.75) is 32.1 Å². The Bertz CT molecular complexity index is 527. The second-order valence-electron chi connectivity index (χ2n) is 7.67. The molecular weight excluding hydrogens is 336 g/mol. The van der Waals surface area contributed by atoms with E-state index in [1.54, 1.807) is 9.80 Å². The van der Waals surface area contributed by atoms with Gasteiger partial charge in [-0.05, 0) is 51.1 Å². The van der Waals surface area contributed by atoms with Gasteiger partial charge in [0.05, 0.1) is 5.92 Å². The van der Waals surface area contributed by atoms with Crippen LogP contribution in [0.15, 0.2) is 0 Å². The Morgan fingerprint density at radius 2 is 1.65 bits per heavy atom. The molecule has 8 heteroatoms. The molecule has 0 aliphatic carbocycles. The monoisotopic (exact) mass is 366 g/mol. The predicted molar refractivity (Wildman–Crippen MR) is 95.7 cm³/mol. The summed E-state index contributed by atoms with van der Waals surface area (Å²) in [6.45, 7) is 5.25. The minimum atomic E-state index is -0.781. The zero-order chi connectivity index (χ0) is 18.5. The summed E-state index contributed by atoms with van der Waals surface area (Å²) in [5, 5.41) is 12.4. The third-order valence-corrected chi connectivity index (χ3v) is 5.97. The van der Waals surface area contributed by atoms with Crippen molar-refractivity contribution >= 4 is 17.9 Å². The highest BCUT2D eigenvalue weighted by atomic mass is 16.4. The number of nitrogens with one attached hydrogen (secondary N) is 1. The van der Waals surface area contributed by atoms with Crippen LogP contribution in [0.3, 0.4) is 0 Å². The van der Waals surface area contributed by atoms with E-state index in [2.05, 4.69) is 5.32 Å². The maximum Gasteiger partial charge on any atom is 0.320 e. The number of rotatable bonds is 6. The number of amides is 3. The van der Waals surface area contributed by atoms with Crippen molar-refractivity contribution in [2.75, 3.05) is 52.4 Å². The fourth-order valence-electron chi connectivity index (χ4n) is 4.13. The summed E-state index contributed by atoms with van der Waals surface area (Å²) in [7, 11) is 0. The van der Waals surface area contributed by atoms with Crippen molar-refractivity contribution in [3.8, 4) is 0 Å². The molecule has 0 saturated carbocycles. The van der Waals surface area contributed by atoms with Gasteiger partial charge in [-0.1, -0.05) is 0 Å². The van der Waals surface area contributed by atoms with Crippen molar-refractivity contribution in [2.24, 2.45) is 11.8 Å². The number of carbonyl (C=O) groups is 3. The molecule has 26 heavy (non-hydrogen) atoms. The highest BCUT2D eigenvalue weighted by molar-refractivity contribution is 5.85. The van der Waals surface area contributed by atoms with Crippen molar-refractivity contribution in [3.63, 3.8) is 0 Å². The molecule has 0 unspecified atom stereocenters. The molecule has 2 N–H and O–H groups in total. The lowest BCUT2D eigenvalue weighted by Gasteiger charge is -2.31. The first kappa shape index (κ1) is 18.9. The van der Waals surface area contributed by atoms with Crippen LogP contribution in [-0.4, -0.2) is 90.1 Å². The summed E-state index contributed by atoms with van der Waals surface area (Å²) >= 11 is 0. The molecular formula is C18H30N4O4. The average Bonchev–Trinajstić information content (AvgIpc) is 3.00. The van der Waals surface area contributed by atoms with Gasteiger partial charge in [0.25, 0.3) is 0 Å². The van der Waals surface area contributed by atoms with Crippen LogP contribution in [0.5, 0.6) is 0 Å². The van der Waals surface area contributed by atoms with Crippen molar-refractivity contribution in [1.82, 2.24) is 20.0 Å². The smallest absolute Gasteiger partial charge is 0.320 e. The van der Waals surface area contributed by atoms with Crippen molar-refractivity contribution < 1.29 is 19.5 Å². The normalized spacial score (nSPS) is 22.9. The van der Waals surface area contributed by atoms with E-state index in [1.165, 1.54) is 12.8 Å². The van der Waals surface area contributed by atoms with Crippen molar-refractivity contribution in [3.05, 3.63) is 0 Å². The van der Waals surface area contributed by atoms with Gasteiger partial charge in [-0.2, -0.15) is 0 Å². The van der Waals surface area contributed by atoms with Crippen LogP contribution in [0.1, 0.15) is 32.1 Å². The molecule has 3 amide bonds. The quantitative estimate of drug-likeness (QED) is 0.711. The Labute approximate surface area is 154 Å². The lowest BCUT2D eigenvalue weighted by molar-refractivity contribution is -0.145. The van der Waals surface area contributed by atoms with E-state index >= 15 is 0 Å². The number of aliphatic carboxylic acids is 1. The number of hydrogen-bond acceptors (Lipinski definition) is 4. The standard InChI is InChI=1S/C18H30N4O4/c23-16(20-9-4-15(5-10-20)17(24)25)13-22-12-11-21(18(22)26)8-3-14-1-6-19-7-2-14/h14-15,19H,1-13H2,(H,24,25). The topological polar surface area (TPSA) is 93.2 Å². The van der Waals surface area contributed by atoms with Crippen molar-refractivity contribution in [1.29, 1.82) is 0 Å². The fraction of sp³-hybridized carbons (Fsp3) is 0.833. The number of hydrogen-bond donors (Lipinski definition) is 2. The van der Waals surface area contributed by atoms with Crippen LogP contribution >= 0.6 is 0 Å². The van der Waals surface area contributed by atoms with Crippen LogP contribution in [0.2, 0.25) is 0 Å². The van der Waals surface area contributed by atoms with Gasteiger partial charge in [-0.25, -0.2) is 4.79 Å². The molecule has 0 spiro atoms. The first-order valence-electron chi connectivity index (χ1n) is 9.79. The Kier molecular flexibility index (Phi) is 6.34. The second-order valence-corrected chi connectivity index (χ2v) is 7.67. The maximum absolute atomic E-state index is 12.5. The summed E-state index contributed by atoms with van der Waals surface area (Å²) < 4.78 is 0. The van der Waals surface area contributed by atoms with E-state index in [0.717, 1.165) is 26.1 Å².